The number of hydrazine groups is 2. The molecule has 1 aromatic rings. The fraction of sp³-hybridized carbons (Fsp3) is 0.250. The molecule has 0 spiro atoms. The Balaban J connectivity index is 2.15. The van der Waals surface area contributed by atoms with Gasteiger partial charge in [0.2, 0.25) is 11.7 Å². The van der Waals surface area contributed by atoms with E-state index in [0.717, 1.165) is 11.5 Å². The second-order valence-corrected chi connectivity index (χ2v) is 3.45. The first kappa shape index (κ1) is 11.9. The molecule has 0 bridgehead atoms. The van der Waals surface area contributed by atoms with E-state index in [1.54, 1.807) is 0 Å². The maximum Gasteiger partial charge on any atom is 0.343 e. The summed E-state index contributed by atoms with van der Waals surface area (Å²) in [4.78, 5) is 30.0. The average Bonchev–Trinajstić information content (AvgIpc) is 2.83. The fourth-order valence-corrected chi connectivity index (χ4v) is 1.37. The van der Waals surface area contributed by atoms with Crippen molar-refractivity contribution in [3.05, 3.63) is 28.3 Å². The molecular weight excluding hydrogens is 244 g/mol. The predicted molar refractivity (Wildman–Crippen MR) is 57.7 cm³/mol. The molecule has 1 aliphatic heterocycles. The highest BCUT2D eigenvalue weighted by Crippen LogP contribution is 2.21. The van der Waals surface area contributed by atoms with Crippen molar-refractivity contribution in [2.75, 3.05) is 0 Å². The normalized spacial score (nSPS) is 14.7. The van der Waals surface area contributed by atoms with Crippen LogP contribution in [0.25, 0.3) is 5.76 Å². The van der Waals surface area contributed by atoms with Gasteiger partial charge in [-0.25, -0.2) is 15.0 Å². The summed E-state index contributed by atoms with van der Waals surface area (Å²) in [7, 11) is 1.49. The largest absolute Gasteiger partial charge is 0.359 e. The van der Waals surface area contributed by atoms with Crippen LogP contribution < -0.4 is 10.9 Å². The summed E-state index contributed by atoms with van der Waals surface area (Å²) in [5, 5.41) is 11.6. The minimum atomic E-state index is -0.551. The van der Waals surface area contributed by atoms with Crippen molar-refractivity contribution in [1.29, 1.82) is 0 Å². The summed E-state index contributed by atoms with van der Waals surface area (Å²) in [6.07, 6.45) is 2.54. The molecule has 2 N–H and O–H groups in total. The number of nitrogens with zero attached hydrogens (tertiary/aromatic N) is 4. The Bertz CT molecular complexity index is 536. The van der Waals surface area contributed by atoms with Crippen LogP contribution in [0.5, 0.6) is 0 Å². The molecule has 0 fully saturated rings. The number of carbonyl (C=O) groups is 1. The lowest BCUT2D eigenvalue weighted by Crippen LogP contribution is -2.44. The van der Waals surface area contributed by atoms with Crippen LogP contribution in [0, 0.1) is 10.1 Å². The number of nitrogens with one attached hydrogen (secondary N) is 2. The van der Waals surface area contributed by atoms with E-state index in [2.05, 4.69) is 15.8 Å². The molecule has 10 nitrogen and oxygen atoms in total. The molecule has 0 aliphatic carbocycles. The molecule has 0 saturated carbocycles. The van der Waals surface area contributed by atoms with Gasteiger partial charge in [0.05, 0.1) is 13.2 Å². The second kappa shape index (κ2) is 4.33. The molecular formula is C8H10N6O4. The first-order chi connectivity index (χ1) is 8.49. The van der Waals surface area contributed by atoms with Crippen molar-refractivity contribution in [3.8, 4) is 0 Å². The van der Waals surface area contributed by atoms with Crippen molar-refractivity contribution in [2.24, 2.45) is 7.05 Å². The van der Waals surface area contributed by atoms with E-state index in [1.165, 1.54) is 24.7 Å². The third-order valence-electron chi connectivity index (χ3n) is 2.13. The van der Waals surface area contributed by atoms with Crippen LogP contribution in [0.2, 0.25) is 0 Å². The van der Waals surface area contributed by atoms with Crippen LogP contribution in [0.1, 0.15) is 12.7 Å². The van der Waals surface area contributed by atoms with E-state index in [-0.39, 0.29) is 23.3 Å². The summed E-state index contributed by atoms with van der Waals surface area (Å²) in [5.41, 5.74) is 4.92. The van der Waals surface area contributed by atoms with Gasteiger partial charge in [0.1, 0.15) is 6.20 Å². The summed E-state index contributed by atoms with van der Waals surface area (Å²) in [6.45, 7) is 1.31. The molecule has 10 heteroatoms. The molecule has 0 unspecified atom stereocenters. The van der Waals surface area contributed by atoms with Crippen molar-refractivity contribution >= 4 is 17.5 Å². The molecule has 1 aromatic heterocycles. The molecule has 0 radical (unpaired) electrons. The van der Waals surface area contributed by atoms with Gasteiger partial charge in [0.25, 0.3) is 5.82 Å². The van der Waals surface area contributed by atoms with Crippen LogP contribution in [0.3, 0.4) is 0 Å². The van der Waals surface area contributed by atoms with Gasteiger partial charge in [-0.2, -0.15) is 0 Å². The summed E-state index contributed by atoms with van der Waals surface area (Å²) in [5.74, 6) is 0.0249. The number of nitro groups is 1. The SMILES string of the molecule is CC(=O)NN1NC=C(c2ncc([N+](=O)[O-])n2C)O1. The smallest absolute Gasteiger partial charge is 0.343 e. The van der Waals surface area contributed by atoms with E-state index < -0.39 is 4.92 Å². The Kier molecular flexibility index (Phi) is 2.85. The topological polar surface area (TPSA) is 115 Å². The van der Waals surface area contributed by atoms with Gasteiger partial charge in [-0.3, -0.25) is 10.2 Å². The molecule has 18 heavy (non-hydrogen) atoms. The van der Waals surface area contributed by atoms with Crippen molar-refractivity contribution in [2.45, 2.75) is 6.92 Å². The van der Waals surface area contributed by atoms with E-state index >= 15 is 0 Å². The number of aromatic nitrogens is 2. The monoisotopic (exact) mass is 254 g/mol. The minimum Gasteiger partial charge on any atom is -0.359 e. The van der Waals surface area contributed by atoms with Gasteiger partial charge in [0.15, 0.2) is 0 Å². The zero-order valence-corrected chi connectivity index (χ0v) is 9.58. The standard InChI is InChI=1S/C8H10N6O4/c1-5(15)11-14-10-3-6(18-14)8-9-4-7(12(8)2)13(16)17/h3-4,10H,1-2H3,(H,11,15). The highest BCUT2D eigenvalue weighted by Gasteiger charge is 2.26. The quantitative estimate of drug-likeness (QED) is 0.548. The first-order valence-corrected chi connectivity index (χ1v) is 4.87. The zero-order chi connectivity index (χ0) is 13.3. The molecule has 2 heterocycles. The van der Waals surface area contributed by atoms with Gasteiger partial charge in [-0.1, -0.05) is 0 Å². The summed E-state index contributed by atoms with van der Waals surface area (Å²) < 4.78 is 1.27. The zero-order valence-electron chi connectivity index (χ0n) is 9.58. The molecule has 0 saturated heterocycles. The molecule has 0 aromatic carbocycles. The fourth-order valence-electron chi connectivity index (χ4n) is 1.37. The molecule has 1 aliphatic rings. The summed E-state index contributed by atoms with van der Waals surface area (Å²) in [6, 6.07) is 0. The number of rotatable bonds is 3. The molecule has 2 rings (SSSR count). The number of hydrogen-bond acceptors (Lipinski definition) is 7. The van der Waals surface area contributed by atoms with Gasteiger partial charge < -0.3 is 15.0 Å². The molecule has 0 atom stereocenters. The Morgan fingerprint density at radius 3 is 2.94 bits per heavy atom. The Labute approximate surface area is 101 Å². The van der Waals surface area contributed by atoms with E-state index in [4.69, 9.17) is 4.84 Å². The Morgan fingerprint density at radius 2 is 2.39 bits per heavy atom. The lowest BCUT2D eigenvalue weighted by Gasteiger charge is -2.14. The van der Waals surface area contributed by atoms with E-state index in [1.807, 2.05) is 0 Å². The van der Waals surface area contributed by atoms with Crippen LogP contribution in [0.15, 0.2) is 12.4 Å². The van der Waals surface area contributed by atoms with E-state index in [9.17, 15) is 14.9 Å². The van der Waals surface area contributed by atoms with Gasteiger partial charge in [0, 0.05) is 12.2 Å². The van der Waals surface area contributed by atoms with Gasteiger partial charge in [-0.05, 0) is 4.92 Å². The lowest BCUT2D eigenvalue weighted by atomic mass is 10.5. The number of carbonyl (C=O) groups excluding carboxylic acids is 1. The number of hydrogen-bond donors (Lipinski definition) is 2. The Morgan fingerprint density at radius 1 is 1.67 bits per heavy atom. The third-order valence-corrected chi connectivity index (χ3v) is 2.13. The molecule has 1 amide bonds. The van der Waals surface area contributed by atoms with Crippen molar-refractivity contribution < 1.29 is 14.6 Å². The van der Waals surface area contributed by atoms with Crippen molar-refractivity contribution in [1.82, 2.24) is 25.7 Å². The molecule has 96 valence electrons. The van der Waals surface area contributed by atoms with Gasteiger partial charge in [-0.15, -0.1) is 0 Å². The second-order valence-electron chi connectivity index (χ2n) is 3.45. The maximum absolute atomic E-state index is 10.8. The van der Waals surface area contributed by atoms with Crippen LogP contribution in [-0.2, 0) is 16.7 Å². The highest BCUT2D eigenvalue weighted by atomic mass is 16.8. The first-order valence-electron chi connectivity index (χ1n) is 4.87. The lowest BCUT2D eigenvalue weighted by molar-refractivity contribution is -0.391. The van der Waals surface area contributed by atoms with Crippen LogP contribution >= 0.6 is 0 Å². The predicted octanol–water partition coefficient (Wildman–Crippen LogP) is -0.570. The Hall–Kier alpha value is -2.62. The third kappa shape index (κ3) is 2.08. The van der Waals surface area contributed by atoms with E-state index in [0.29, 0.717) is 0 Å². The highest BCUT2D eigenvalue weighted by molar-refractivity contribution is 5.72. The van der Waals surface area contributed by atoms with Crippen molar-refractivity contribution in [3.63, 3.8) is 0 Å². The minimum absolute atomic E-state index is 0.160. The number of amides is 1. The number of imidazole rings is 1. The maximum atomic E-state index is 10.8. The van der Waals surface area contributed by atoms with Crippen LogP contribution in [0.4, 0.5) is 5.82 Å². The summed E-state index contributed by atoms with van der Waals surface area (Å²) >= 11 is 0. The average molecular weight is 254 g/mol. The van der Waals surface area contributed by atoms with Gasteiger partial charge >= 0.3 is 5.82 Å². The van der Waals surface area contributed by atoms with Crippen LogP contribution in [-0.4, -0.2) is 25.7 Å².